The van der Waals surface area contributed by atoms with E-state index in [1.54, 1.807) is 0 Å². The van der Waals surface area contributed by atoms with E-state index in [4.69, 9.17) is 37.0 Å². The smallest absolute Gasteiger partial charge is 0.462 e. The third-order valence-electron chi connectivity index (χ3n) is 16.2. The van der Waals surface area contributed by atoms with Crippen molar-refractivity contribution in [2.75, 3.05) is 39.6 Å². The lowest BCUT2D eigenvalue weighted by Crippen LogP contribution is -2.30. The molecule has 0 amide bonds. The number of aliphatic hydroxyl groups is 1. The fourth-order valence-corrected chi connectivity index (χ4v) is 11.9. The molecule has 0 heterocycles. The Hall–Kier alpha value is -1.94. The number of phosphoric ester groups is 2. The number of phosphoric acid groups is 2. The van der Waals surface area contributed by atoms with Crippen molar-refractivity contribution in [3.63, 3.8) is 0 Å². The lowest BCUT2D eigenvalue weighted by atomic mass is 10.00. The number of esters is 4. The molecule has 0 rings (SSSR count). The van der Waals surface area contributed by atoms with Crippen molar-refractivity contribution in [3.05, 3.63) is 0 Å². The molecule has 0 aliphatic carbocycles. The Labute approximate surface area is 537 Å². The second-order valence-corrected chi connectivity index (χ2v) is 29.0. The standard InChI is InChI=1S/C69H134O17P2/c1-8-10-11-12-26-36-43-50-66(71)79-56-65(86-69(74)53-46-39-32-31-35-42-49-62(7)9-2)59-84-88(77,78)82-55-63(70)54-81-87(75,76)83-58-64(57-80-67(72)51-44-37-29-24-21-17-19-23-28-34-41-48-61(5)6)85-68(73)52-45-38-30-25-20-16-14-13-15-18-22-27-33-40-47-60(3)4/h60-65,70H,8-59H2,1-7H3,(H,75,76)(H,77,78)/t62?,63-,64-,65-/m1/s1. The Morgan fingerprint density at radius 2 is 0.580 bits per heavy atom. The molecule has 0 saturated heterocycles. The summed E-state index contributed by atoms with van der Waals surface area (Å²) in [5.74, 6) is 0.152. The highest BCUT2D eigenvalue weighted by atomic mass is 31.2. The van der Waals surface area contributed by atoms with Gasteiger partial charge in [-0.1, -0.05) is 292 Å². The number of hydrogen-bond acceptors (Lipinski definition) is 15. The van der Waals surface area contributed by atoms with Crippen molar-refractivity contribution in [2.45, 2.75) is 362 Å². The number of ether oxygens (including phenoxy) is 4. The molecule has 522 valence electrons. The summed E-state index contributed by atoms with van der Waals surface area (Å²) in [5.41, 5.74) is 0. The van der Waals surface area contributed by atoms with E-state index in [1.165, 1.54) is 141 Å². The SMILES string of the molecule is CCCCCCCCCC(=O)OC[C@H](COP(=O)(O)OC[C@H](O)COP(=O)(O)OC[C@@H](COC(=O)CCCCCCCCCCCCCC(C)C)OC(=O)CCCCCCCCCCCCCCCCC(C)C)OC(=O)CCCCCCCCC(C)CC. The van der Waals surface area contributed by atoms with Crippen molar-refractivity contribution < 1.29 is 80.2 Å². The predicted octanol–water partition coefficient (Wildman–Crippen LogP) is 19.5. The van der Waals surface area contributed by atoms with Crippen LogP contribution in [0.2, 0.25) is 0 Å². The largest absolute Gasteiger partial charge is 0.472 e. The minimum Gasteiger partial charge on any atom is -0.462 e. The van der Waals surface area contributed by atoms with Crippen molar-refractivity contribution in [2.24, 2.45) is 17.8 Å². The van der Waals surface area contributed by atoms with Gasteiger partial charge < -0.3 is 33.8 Å². The zero-order valence-corrected chi connectivity index (χ0v) is 59.0. The van der Waals surface area contributed by atoms with Crippen LogP contribution >= 0.6 is 15.6 Å². The molecule has 17 nitrogen and oxygen atoms in total. The van der Waals surface area contributed by atoms with Crippen LogP contribution < -0.4 is 0 Å². The Bertz CT molecular complexity index is 1730. The maximum absolute atomic E-state index is 13.0. The van der Waals surface area contributed by atoms with Crippen molar-refractivity contribution >= 4 is 39.5 Å². The van der Waals surface area contributed by atoms with E-state index in [1.807, 2.05) is 0 Å². The van der Waals surface area contributed by atoms with Crippen molar-refractivity contribution in [1.82, 2.24) is 0 Å². The van der Waals surface area contributed by atoms with Gasteiger partial charge in [-0.25, -0.2) is 9.13 Å². The molecular weight excluding hydrogens is 1160 g/mol. The molecule has 6 atom stereocenters. The predicted molar refractivity (Wildman–Crippen MR) is 354 cm³/mol. The van der Waals surface area contributed by atoms with Gasteiger partial charge in [-0.3, -0.25) is 37.3 Å². The lowest BCUT2D eigenvalue weighted by molar-refractivity contribution is -0.161. The molecule has 0 aromatic rings. The Morgan fingerprint density at radius 1 is 0.330 bits per heavy atom. The molecule has 88 heavy (non-hydrogen) atoms. The number of carbonyl (C=O) groups is 4. The van der Waals surface area contributed by atoms with Crippen LogP contribution in [0.1, 0.15) is 344 Å². The second kappa shape index (κ2) is 60.0. The summed E-state index contributed by atoms with van der Waals surface area (Å²) in [7, 11) is -9.89. The summed E-state index contributed by atoms with van der Waals surface area (Å²) in [4.78, 5) is 72.3. The van der Waals surface area contributed by atoms with Gasteiger partial charge in [0.1, 0.15) is 19.3 Å². The van der Waals surface area contributed by atoms with Crippen LogP contribution in [0.5, 0.6) is 0 Å². The van der Waals surface area contributed by atoms with Gasteiger partial charge in [0.25, 0.3) is 0 Å². The third kappa shape index (κ3) is 61.6. The van der Waals surface area contributed by atoms with Crippen molar-refractivity contribution in [1.29, 1.82) is 0 Å². The highest BCUT2D eigenvalue weighted by Crippen LogP contribution is 2.45. The quantitative estimate of drug-likeness (QED) is 0.0222. The molecule has 19 heteroatoms. The molecule has 0 radical (unpaired) electrons. The third-order valence-corrected chi connectivity index (χ3v) is 18.1. The topological polar surface area (TPSA) is 237 Å². The van der Waals surface area contributed by atoms with Gasteiger partial charge in [0.05, 0.1) is 26.4 Å². The van der Waals surface area contributed by atoms with Gasteiger partial charge in [0.15, 0.2) is 12.2 Å². The van der Waals surface area contributed by atoms with E-state index in [0.717, 1.165) is 120 Å². The molecule has 0 fully saturated rings. The van der Waals surface area contributed by atoms with Gasteiger partial charge in [0.2, 0.25) is 0 Å². The molecule has 0 spiro atoms. The van der Waals surface area contributed by atoms with E-state index in [0.29, 0.717) is 25.7 Å². The number of unbranched alkanes of at least 4 members (excludes halogenated alkanes) is 34. The van der Waals surface area contributed by atoms with E-state index >= 15 is 0 Å². The summed E-state index contributed by atoms with van der Waals surface area (Å²) >= 11 is 0. The first-order valence-electron chi connectivity index (χ1n) is 35.9. The first-order chi connectivity index (χ1) is 42.3. The molecule has 3 N–H and O–H groups in total. The zero-order chi connectivity index (χ0) is 65.2. The zero-order valence-electron chi connectivity index (χ0n) is 57.2. The first-order valence-corrected chi connectivity index (χ1v) is 38.9. The Morgan fingerprint density at radius 3 is 0.864 bits per heavy atom. The Kier molecular flexibility index (Phi) is 58.7. The summed E-state index contributed by atoms with van der Waals surface area (Å²) < 4.78 is 68.1. The van der Waals surface area contributed by atoms with Crippen molar-refractivity contribution in [3.8, 4) is 0 Å². The number of aliphatic hydroxyl groups excluding tert-OH is 1. The average Bonchev–Trinajstić information content (AvgIpc) is 3.63. The molecule has 0 aliphatic rings. The fourth-order valence-electron chi connectivity index (χ4n) is 10.3. The summed E-state index contributed by atoms with van der Waals surface area (Å²) in [6.07, 6.45) is 43.2. The molecule has 3 unspecified atom stereocenters. The maximum Gasteiger partial charge on any atom is 0.472 e. The Balaban J connectivity index is 5.21. The fraction of sp³-hybridized carbons (Fsp3) is 0.942. The second-order valence-electron chi connectivity index (χ2n) is 26.1. The summed E-state index contributed by atoms with van der Waals surface area (Å²) in [6.45, 7) is 11.8. The summed E-state index contributed by atoms with van der Waals surface area (Å²) in [6, 6.07) is 0. The van der Waals surface area contributed by atoms with E-state index < -0.39 is 97.5 Å². The highest BCUT2D eigenvalue weighted by molar-refractivity contribution is 7.47. The molecule has 0 bridgehead atoms. The minimum absolute atomic E-state index is 0.102. The van der Waals surface area contributed by atoms with Gasteiger partial charge in [-0.2, -0.15) is 0 Å². The molecule has 0 aromatic heterocycles. The molecular formula is C69H134O17P2. The molecule has 0 saturated carbocycles. The highest BCUT2D eigenvalue weighted by Gasteiger charge is 2.30. The maximum atomic E-state index is 13.0. The van der Waals surface area contributed by atoms with Crippen LogP contribution in [0.25, 0.3) is 0 Å². The number of hydrogen-bond donors (Lipinski definition) is 3. The summed E-state index contributed by atoms with van der Waals surface area (Å²) in [5, 5.41) is 10.6. The minimum atomic E-state index is -4.95. The van der Waals surface area contributed by atoms with Crippen LogP contribution in [0.15, 0.2) is 0 Å². The number of rotatable bonds is 67. The number of carbonyl (C=O) groups excluding carboxylic acids is 4. The van der Waals surface area contributed by atoms with Crippen LogP contribution in [-0.2, 0) is 65.4 Å². The normalized spacial score (nSPS) is 14.5. The monoisotopic (exact) mass is 1300 g/mol. The van der Waals surface area contributed by atoms with E-state index in [-0.39, 0.29) is 25.7 Å². The molecule has 0 aromatic carbocycles. The van der Waals surface area contributed by atoms with Crippen LogP contribution in [0.4, 0.5) is 0 Å². The van der Waals surface area contributed by atoms with Crippen LogP contribution in [0, 0.1) is 17.8 Å². The van der Waals surface area contributed by atoms with E-state index in [2.05, 4.69) is 48.5 Å². The van der Waals surface area contributed by atoms with Gasteiger partial charge in [0, 0.05) is 25.7 Å². The first kappa shape index (κ1) is 86.1. The van der Waals surface area contributed by atoms with E-state index in [9.17, 15) is 43.2 Å². The average molecular weight is 1300 g/mol. The van der Waals surface area contributed by atoms with Crippen LogP contribution in [-0.4, -0.2) is 96.7 Å². The van der Waals surface area contributed by atoms with Gasteiger partial charge >= 0.3 is 39.5 Å². The lowest BCUT2D eigenvalue weighted by Gasteiger charge is -2.21. The molecule has 0 aliphatic heterocycles. The van der Waals surface area contributed by atoms with Gasteiger partial charge in [-0.05, 0) is 43.4 Å². The van der Waals surface area contributed by atoms with Crippen LogP contribution in [0.3, 0.4) is 0 Å². The van der Waals surface area contributed by atoms with Gasteiger partial charge in [-0.15, -0.1) is 0 Å².